The van der Waals surface area contributed by atoms with Crippen LogP contribution in [0.4, 0.5) is 0 Å². The number of carbonyl (C=O) groups excluding carboxylic acids is 2. The fourth-order valence-electron chi connectivity index (χ4n) is 8.72. The molecule has 4 aliphatic carbocycles. The summed E-state index contributed by atoms with van der Waals surface area (Å²) in [5, 5.41) is 0. The van der Waals surface area contributed by atoms with Crippen molar-refractivity contribution in [3.8, 4) is 0 Å². The fraction of sp³-hybridized carbons (Fsp3) is 0.917. The monoisotopic (exact) mass is 386 g/mol. The third kappa shape index (κ3) is 3.10. The van der Waals surface area contributed by atoms with E-state index >= 15 is 0 Å². The third-order valence-corrected chi connectivity index (χ3v) is 8.88. The van der Waals surface area contributed by atoms with Gasteiger partial charge in [-0.2, -0.15) is 0 Å². The van der Waals surface area contributed by atoms with Crippen LogP contribution in [0, 0.1) is 28.1 Å². The Morgan fingerprint density at radius 1 is 0.750 bits per heavy atom. The molecular formula is C24H38N2O2. The molecule has 2 saturated heterocycles. The lowest BCUT2D eigenvalue weighted by Crippen LogP contribution is -2.61. The Kier molecular flexibility index (Phi) is 4.38. The second kappa shape index (κ2) is 6.47. The maximum Gasteiger partial charge on any atom is 0.228 e. The molecule has 0 spiro atoms. The molecular weight excluding hydrogens is 348 g/mol. The highest BCUT2D eigenvalue weighted by Crippen LogP contribution is 2.69. The summed E-state index contributed by atoms with van der Waals surface area (Å²) in [6, 6.07) is 0. The van der Waals surface area contributed by atoms with Gasteiger partial charge >= 0.3 is 0 Å². The zero-order valence-electron chi connectivity index (χ0n) is 18.0. The Hall–Kier alpha value is -1.06. The highest BCUT2D eigenvalue weighted by Gasteiger charge is 2.63. The van der Waals surface area contributed by atoms with E-state index in [-0.39, 0.29) is 11.3 Å². The lowest BCUT2D eigenvalue weighted by atomic mass is 9.40. The van der Waals surface area contributed by atoms with Gasteiger partial charge in [-0.15, -0.1) is 0 Å². The molecule has 0 aromatic rings. The molecule has 0 radical (unpaired) electrons. The lowest BCUT2D eigenvalue weighted by molar-refractivity contribution is -0.180. The van der Waals surface area contributed by atoms with Crippen molar-refractivity contribution in [2.45, 2.75) is 84.5 Å². The minimum atomic E-state index is -0.0906. The van der Waals surface area contributed by atoms with Gasteiger partial charge in [-0.1, -0.05) is 13.8 Å². The SMILES string of the molecule is CC12CC3CC(C)(C1)CC(C(=O)N1CCC(C(=O)N4CCCCC4)CC1)(C3)C2. The molecule has 4 nitrogen and oxygen atoms in total. The predicted octanol–water partition coefficient (Wildman–Crippen LogP) is 4.23. The average Bonchev–Trinajstić information content (AvgIpc) is 2.65. The van der Waals surface area contributed by atoms with Crippen molar-refractivity contribution >= 4 is 11.8 Å². The van der Waals surface area contributed by atoms with Crippen LogP contribution in [0.5, 0.6) is 0 Å². The highest BCUT2D eigenvalue weighted by atomic mass is 16.2. The Balaban J connectivity index is 1.24. The van der Waals surface area contributed by atoms with Crippen LogP contribution in [0.15, 0.2) is 0 Å². The third-order valence-electron chi connectivity index (χ3n) is 8.88. The predicted molar refractivity (Wildman–Crippen MR) is 110 cm³/mol. The van der Waals surface area contributed by atoms with Gasteiger partial charge in [0.25, 0.3) is 0 Å². The summed E-state index contributed by atoms with van der Waals surface area (Å²) in [6.07, 6.45) is 12.7. The summed E-state index contributed by atoms with van der Waals surface area (Å²) in [5.74, 6) is 1.71. The van der Waals surface area contributed by atoms with Crippen LogP contribution in [-0.2, 0) is 9.59 Å². The first-order valence-corrected chi connectivity index (χ1v) is 11.9. The van der Waals surface area contributed by atoms with Gasteiger partial charge in [0.15, 0.2) is 0 Å². The molecule has 0 aromatic carbocycles. The molecule has 2 amide bonds. The van der Waals surface area contributed by atoms with Crippen LogP contribution in [0.1, 0.15) is 84.5 Å². The maximum atomic E-state index is 13.7. The van der Waals surface area contributed by atoms with Gasteiger partial charge in [0.1, 0.15) is 0 Å². The van der Waals surface area contributed by atoms with Crippen molar-refractivity contribution in [1.82, 2.24) is 9.80 Å². The summed E-state index contributed by atoms with van der Waals surface area (Å²) in [5.41, 5.74) is 0.672. The van der Waals surface area contributed by atoms with Gasteiger partial charge in [0, 0.05) is 32.1 Å². The summed E-state index contributed by atoms with van der Waals surface area (Å²) in [6.45, 7) is 8.37. The molecule has 4 bridgehead atoms. The topological polar surface area (TPSA) is 40.6 Å². The normalized spacial score (nSPS) is 43.4. The number of hydrogen-bond acceptors (Lipinski definition) is 2. The minimum Gasteiger partial charge on any atom is -0.342 e. The molecule has 2 unspecified atom stereocenters. The first kappa shape index (κ1) is 18.9. The molecule has 4 saturated carbocycles. The largest absolute Gasteiger partial charge is 0.342 e. The van der Waals surface area contributed by atoms with Gasteiger partial charge in [-0.05, 0) is 87.4 Å². The summed E-state index contributed by atoms with van der Waals surface area (Å²) in [7, 11) is 0. The number of nitrogens with zero attached hydrogens (tertiary/aromatic N) is 2. The van der Waals surface area contributed by atoms with Crippen molar-refractivity contribution < 1.29 is 9.59 Å². The van der Waals surface area contributed by atoms with Crippen LogP contribution in [0.2, 0.25) is 0 Å². The molecule has 0 aromatic heterocycles. The van der Waals surface area contributed by atoms with Crippen molar-refractivity contribution in [2.75, 3.05) is 26.2 Å². The molecule has 6 rings (SSSR count). The Morgan fingerprint density at radius 2 is 1.36 bits per heavy atom. The number of rotatable bonds is 2. The van der Waals surface area contributed by atoms with Gasteiger partial charge < -0.3 is 9.80 Å². The van der Waals surface area contributed by atoms with Crippen LogP contribution in [0.3, 0.4) is 0 Å². The number of carbonyl (C=O) groups is 2. The van der Waals surface area contributed by atoms with Crippen molar-refractivity contribution in [3.63, 3.8) is 0 Å². The van der Waals surface area contributed by atoms with E-state index in [1.165, 1.54) is 25.7 Å². The Morgan fingerprint density at radius 3 is 1.93 bits per heavy atom. The van der Waals surface area contributed by atoms with Gasteiger partial charge in [0.05, 0.1) is 5.41 Å². The molecule has 2 aliphatic heterocycles. The quantitative estimate of drug-likeness (QED) is 0.712. The Bertz CT molecular complexity index is 642. The van der Waals surface area contributed by atoms with E-state index in [1.54, 1.807) is 0 Å². The second-order valence-electron chi connectivity index (χ2n) is 11.9. The zero-order chi connectivity index (χ0) is 19.6. The molecule has 6 aliphatic rings. The molecule has 2 atom stereocenters. The number of likely N-dealkylation sites (tertiary alicyclic amines) is 2. The average molecular weight is 387 g/mol. The van der Waals surface area contributed by atoms with Gasteiger partial charge in [-0.3, -0.25) is 9.59 Å². The Labute approximate surface area is 170 Å². The molecule has 2 heterocycles. The first-order valence-electron chi connectivity index (χ1n) is 11.9. The standard InChI is InChI=1S/C24H38N2O2/c1-22-12-18-13-23(2,15-22)17-24(14-18,16-22)21(28)26-10-6-19(7-11-26)20(27)25-8-4-3-5-9-25/h18-19H,3-17H2,1-2H3. The van der Waals surface area contributed by atoms with E-state index in [2.05, 4.69) is 23.6 Å². The van der Waals surface area contributed by atoms with Crippen molar-refractivity contribution in [2.24, 2.45) is 28.1 Å². The van der Waals surface area contributed by atoms with Crippen molar-refractivity contribution in [1.29, 1.82) is 0 Å². The zero-order valence-corrected chi connectivity index (χ0v) is 18.0. The maximum absolute atomic E-state index is 13.7. The number of piperidine rings is 2. The van der Waals surface area contributed by atoms with Crippen LogP contribution in [-0.4, -0.2) is 47.8 Å². The van der Waals surface area contributed by atoms with Crippen LogP contribution < -0.4 is 0 Å². The lowest BCUT2D eigenvalue weighted by Gasteiger charge is -2.65. The molecule has 6 fully saturated rings. The summed E-state index contributed by atoms with van der Waals surface area (Å²) in [4.78, 5) is 30.8. The molecule has 156 valence electrons. The van der Waals surface area contributed by atoms with Crippen LogP contribution >= 0.6 is 0 Å². The van der Waals surface area contributed by atoms with Gasteiger partial charge in [0.2, 0.25) is 11.8 Å². The van der Waals surface area contributed by atoms with E-state index in [1.807, 2.05) is 0 Å². The molecule has 0 N–H and O–H groups in total. The van der Waals surface area contributed by atoms with E-state index in [9.17, 15) is 9.59 Å². The number of amides is 2. The van der Waals surface area contributed by atoms with E-state index in [0.717, 1.165) is 77.0 Å². The van der Waals surface area contributed by atoms with Crippen LogP contribution in [0.25, 0.3) is 0 Å². The van der Waals surface area contributed by atoms with Crippen molar-refractivity contribution in [3.05, 3.63) is 0 Å². The smallest absolute Gasteiger partial charge is 0.228 e. The minimum absolute atomic E-state index is 0.0906. The van der Waals surface area contributed by atoms with Gasteiger partial charge in [-0.25, -0.2) is 0 Å². The number of hydrogen-bond donors (Lipinski definition) is 0. The van der Waals surface area contributed by atoms with E-state index in [0.29, 0.717) is 22.6 Å². The summed E-state index contributed by atoms with van der Waals surface area (Å²) < 4.78 is 0. The fourth-order valence-corrected chi connectivity index (χ4v) is 8.72. The molecule has 28 heavy (non-hydrogen) atoms. The highest BCUT2D eigenvalue weighted by molar-refractivity contribution is 5.84. The van der Waals surface area contributed by atoms with E-state index in [4.69, 9.17) is 0 Å². The van der Waals surface area contributed by atoms with E-state index < -0.39 is 0 Å². The molecule has 4 heteroatoms. The summed E-state index contributed by atoms with van der Waals surface area (Å²) >= 11 is 0. The second-order valence-corrected chi connectivity index (χ2v) is 11.9. The first-order chi connectivity index (χ1) is 13.3.